The zero-order valence-corrected chi connectivity index (χ0v) is 11.3. The zero-order valence-electron chi connectivity index (χ0n) is 11.3. The Morgan fingerprint density at radius 3 is 2.55 bits per heavy atom. The summed E-state index contributed by atoms with van der Waals surface area (Å²) >= 11 is 0. The van der Waals surface area contributed by atoms with E-state index in [2.05, 4.69) is 34.4 Å². The maximum Gasteiger partial charge on any atom is 0.149 e. The Hall–Kier alpha value is -2.24. The van der Waals surface area contributed by atoms with Gasteiger partial charge in [-0.2, -0.15) is 0 Å². The summed E-state index contributed by atoms with van der Waals surface area (Å²) in [5.74, 6) is 0.293. The third-order valence-corrected chi connectivity index (χ3v) is 2.55. The van der Waals surface area contributed by atoms with Crippen molar-refractivity contribution in [3.63, 3.8) is 0 Å². The molecule has 6 heteroatoms. The number of hydrogen-bond donors (Lipinski definition) is 2. The van der Waals surface area contributed by atoms with E-state index in [-0.39, 0.29) is 5.69 Å². The largest absolute Gasteiger partial charge is 0.370 e. The number of halogens is 2. The van der Waals surface area contributed by atoms with Crippen molar-refractivity contribution >= 4 is 17.3 Å². The molecule has 1 aromatic carbocycles. The molecule has 2 N–H and O–H groups in total. The summed E-state index contributed by atoms with van der Waals surface area (Å²) in [6.07, 6.45) is 1.38. The van der Waals surface area contributed by atoms with Gasteiger partial charge in [-0.1, -0.05) is 13.8 Å². The molecule has 106 valence electrons. The van der Waals surface area contributed by atoms with E-state index in [0.29, 0.717) is 17.6 Å². The first kappa shape index (κ1) is 14.2. The summed E-state index contributed by atoms with van der Waals surface area (Å²) in [6.45, 7) is 4.95. The highest BCUT2D eigenvalue weighted by Gasteiger charge is 2.05. The van der Waals surface area contributed by atoms with Crippen LogP contribution in [0.1, 0.15) is 13.8 Å². The maximum atomic E-state index is 13.5. The van der Waals surface area contributed by atoms with Crippen LogP contribution in [0.15, 0.2) is 30.6 Å². The Morgan fingerprint density at radius 2 is 1.85 bits per heavy atom. The third-order valence-electron chi connectivity index (χ3n) is 2.55. The number of nitrogens with one attached hydrogen (secondary N) is 2. The molecule has 2 rings (SSSR count). The molecule has 0 radical (unpaired) electrons. The predicted octanol–water partition coefficient (Wildman–Crippen LogP) is 3.57. The Labute approximate surface area is 116 Å². The Balaban J connectivity index is 2.11. The third kappa shape index (κ3) is 3.88. The number of anilines is 3. The first-order valence-electron chi connectivity index (χ1n) is 6.32. The van der Waals surface area contributed by atoms with Crippen LogP contribution in [0.4, 0.5) is 26.1 Å². The van der Waals surface area contributed by atoms with Gasteiger partial charge in [0.1, 0.15) is 29.6 Å². The quantitative estimate of drug-likeness (QED) is 0.878. The van der Waals surface area contributed by atoms with Crippen LogP contribution >= 0.6 is 0 Å². The minimum Gasteiger partial charge on any atom is -0.370 e. The van der Waals surface area contributed by atoms with Crippen molar-refractivity contribution in [3.8, 4) is 0 Å². The van der Waals surface area contributed by atoms with Crippen LogP contribution in [0.25, 0.3) is 0 Å². The lowest BCUT2D eigenvalue weighted by Crippen LogP contribution is -2.09. The normalized spacial score (nSPS) is 10.7. The molecule has 0 spiro atoms. The van der Waals surface area contributed by atoms with Gasteiger partial charge in [-0.15, -0.1) is 0 Å². The molecule has 0 saturated heterocycles. The fraction of sp³-hybridized carbons (Fsp3) is 0.286. The van der Waals surface area contributed by atoms with E-state index in [1.807, 2.05) is 0 Å². The second-order valence-corrected chi connectivity index (χ2v) is 4.81. The van der Waals surface area contributed by atoms with Crippen LogP contribution in [0.5, 0.6) is 0 Å². The molecule has 0 saturated carbocycles. The van der Waals surface area contributed by atoms with E-state index in [9.17, 15) is 8.78 Å². The molecule has 20 heavy (non-hydrogen) atoms. The van der Waals surface area contributed by atoms with Gasteiger partial charge < -0.3 is 10.6 Å². The second-order valence-electron chi connectivity index (χ2n) is 4.81. The number of benzene rings is 1. The SMILES string of the molecule is CC(C)CNc1cc(Nc2ccc(F)cc2F)ncn1. The van der Waals surface area contributed by atoms with Crippen LogP contribution in [0.2, 0.25) is 0 Å². The maximum absolute atomic E-state index is 13.5. The number of nitrogens with zero attached hydrogens (tertiary/aromatic N) is 2. The molecule has 0 amide bonds. The molecule has 1 heterocycles. The summed E-state index contributed by atoms with van der Waals surface area (Å²) in [6, 6.07) is 5.01. The van der Waals surface area contributed by atoms with E-state index in [1.54, 1.807) is 6.07 Å². The van der Waals surface area contributed by atoms with E-state index in [4.69, 9.17) is 0 Å². The lowest BCUT2D eigenvalue weighted by Gasteiger charge is -2.10. The fourth-order valence-corrected chi connectivity index (χ4v) is 1.56. The minimum absolute atomic E-state index is 0.167. The highest BCUT2D eigenvalue weighted by Crippen LogP contribution is 2.20. The lowest BCUT2D eigenvalue weighted by atomic mass is 10.2. The van der Waals surface area contributed by atoms with Gasteiger partial charge in [-0.05, 0) is 18.1 Å². The van der Waals surface area contributed by atoms with E-state index >= 15 is 0 Å². The number of hydrogen-bond acceptors (Lipinski definition) is 4. The molecule has 0 aliphatic rings. The molecule has 4 nitrogen and oxygen atoms in total. The average molecular weight is 278 g/mol. The standard InChI is InChI=1S/C14H16F2N4/c1-9(2)7-17-13-6-14(19-8-18-13)20-12-4-3-10(15)5-11(12)16/h3-6,8-9H,7H2,1-2H3,(H2,17,18,19,20). The van der Waals surface area contributed by atoms with Crippen molar-refractivity contribution in [2.75, 3.05) is 17.2 Å². The van der Waals surface area contributed by atoms with E-state index in [0.717, 1.165) is 12.6 Å². The van der Waals surface area contributed by atoms with Crippen LogP contribution < -0.4 is 10.6 Å². The molecule has 0 unspecified atom stereocenters. The molecule has 0 aliphatic heterocycles. The topological polar surface area (TPSA) is 49.8 Å². The molecule has 2 aromatic rings. The highest BCUT2D eigenvalue weighted by atomic mass is 19.1. The van der Waals surface area contributed by atoms with Gasteiger partial charge in [-0.3, -0.25) is 0 Å². The Bertz CT molecular complexity index is 587. The van der Waals surface area contributed by atoms with Crippen LogP contribution in [0, 0.1) is 17.6 Å². The highest BCUT2D eigenvalue weighted by molar-refractivity contribution is 5.59. The fourth-order valence-electron chi connectivity index (χ4n) is 1.56. The summed E-state index contributed by atoms with van der Waals surface area (Å²) in [7, 11) is 0. The van der Waals surface area contributed by atoms with Gasteiger partial charge in [-0.25, -0.2) is 18.7 Å². The van der Waals surface area contributed by atoms with Crippen molar-refractivity contribution in [2.24, 2.45) is 5.92 Å². The van der Waals surface area contributed by atoms with Gasteiger partial charge in [0, 0.05) is 18.7 Å². The monoisotopic (exact) mass is 278 g/mol. The lowest BCUT2D eigenvalue weighted by molar-refractivity contribution is 0.586. The van der Waals surface area contributed by atoms with Crippen molar-refractivity contribution in [2.45, 2.75) is 13.8 Å². The molecular formula is C14H16F2N4. The average Bonchev–Trinajstić information content (AvgIpc) is 2.40. The van der Waals surface area contributed by atoms with Crippen molar-refractivity contribution in [1.82, 2.24) is 9.97 Å². The minimum atomic E-state index is -0.666. The molecule has 0 fully saturated rings. The first-order chi connectivity index (χ1) is 9.54. The number of rotatable bonds is 5. The molecule has 0 aliphatic carbocycles. The Kier molecular flexibility index (Phi) is 4.45. The Morgan fingerprint density at radius 1 is 1.10 bits per heavy atom. The van der Waals surface area contributed by atoms with Crippen molar-refractivity contribution < 1.29 is 8.78 Å². The second kappa shape index (κ2) is 6.27. The first-order valence-corrected chi connectivity index (χ1v) is 6.32. The predicted molar refractivity (Wildman–Crippen MR) is 75.0 cm³/mol. The van der Waals surface area contributed by atoms with Gasteiger partial charge in [0.15, 0.2) is 0 Å². The zero-order chi connectivity index (χ0) is 14.5. The number of aromatic nitrogens is 2. The van der Waals surface area contributed by atoms with Crippen LogP contribution in [-0.4, -0.2) is 16.5 Å². The van der Waals surface area contributed by atoms with E-state index in [1.165, 1.54) is 18.5 Å². The summed E-state index contributed by atoms with van der Waals surface area (Å²) < 4.78 is 26.4. The van der Waals surface area contributed by atoms with Gasteiger partial charge in [0.05, 0.1) is 5.69 Å². The molecule has 1 aromatic heterocycles. The summed E-state index contributed by atoms with van der Waals surface area (Å²) in [4.78, 5) is 8.08. The summed E-state index contributed by atoms with van der Waals surface area (Å²) in [5, 5.41) is 5.94. The van der Waals surface area contributed by atoms with Gasteiger partial charge in [0.2, 0.25) is 0 Å². The van der Waals surface area contributed by atoms with Crippen LogP contribution in [0.3, 0.4) is 0 Å². The molecule has 0 bridgehead atoms. The van der Waals surface area contributed by atoms with Gasteiger partial charge in [0.25, 0.3) is 0 Å². The smallest absolute Gasteiger partial charge is 0.149 e. The van der Waals surface area contributed by atoms with Gasteiger partial charge >= 0.3 is 0 Å². The van der Waals surface area contributed by atoms with Crippen molar-refractivity contribution in [1.29, 1.82) is 0 Å². The van der Waals surface area contributed by atoms with E-state index < -0.39 is 11.6 Å². The van der Waals surface area contributed by atoms with Crippen molar-refractivity contribution in [3.05, 3.63) is 42.2 Å². The molecular weight excluding hydrogens is 262 g/mol. The molecule has 0 atom stereocenters. The summed E-state index contributed by atoms with van der Waals surface area (Å²) in [5.41, 5.74) is 0.167. The van der Waals surface area contributed by atoms with Crippen LogP contribution in [-0.2, 0) is 0 Å².